The third-order valence-corrected chi connectivity index (χ3v) is 1.96. The molecule has 74 valence electrons. The summed E-state index contributed by atoms with van der Waals surface area (Å²) in [4.78, 5) is 0. The molecule has 0 fully saturated rings. The van der Waals surface area contributed by atoms with Crippen molar-refractivity contribution in [1.29, 1.82) is 0 Å². The minimum absolute atomic E-state index is 0.0281. The maximum absolute atomic E-state index is 9.02. The number of aromatic nitrogens is 3. The Kier molecular flexibility index (Phi) is 3.42. The average Bonchev–Trinajstić information content (AvgIpc) is 2.48. The largest absolute Gasteiger partial charge is 0.388 e. The van der Waals surface area contributed by atoms with Gasteiger partial charge in [-0.15, -0.1) is 10.2 Å². The molecule has 0 aliphatic rings. The molecule has 0 bridgehead atoms. The van der Waals surface area contributed by atoms with Gasteiger partial charge in [-0.1, -0.05) is 20.8 Å². The minimum Gasteiger partial charge on any atom is -0.388 e. The van der Waals surface area contributed by atoms with Crippen molar-refractivity contribution in [2.45, 2.75) is 46.3 Å². The van der Waals surface area contributed by atoms with Gasteiger partial charge >= 0.3 is 0 Å². The smallest absolute Gasteiger partial charge is 0.158 e. The Labute approximate surface area is 78.6 Å². The summed E-state index contributed by atoms with van der Waals surface area (Å²) in [6.07, 6.45) is 1.03. The van der Waals surface area contributed by atoms with E-state index in [1.807, 2.05) is 4.57 Å². The van der Waals surface area contributed by atoms with Crippen LogP contribution in [0.2, 0.25) is 0 Å². The van der Waals surface area contributed by atoms with E-state index in [2.05, 4.69) is 31.0 Å². The highest BCUT2D eigenvalue weighted by Gasteiger charge is 2.12. The molecule has 4 heteroatoms. The van der Waals surface area contributed by atoms with Crippen LogP contribution < -0.4 is 0 Å². The quantitative estimate of drug-likeness (QED) is 0.765. The predicted octanol–water partition coefficient (Wildman–Crippen LogP) is 1.30. The van der Waals surface area contributed by atoms with Gasteiger partial charge in [-0.3, -0.25) is 0 Å². The van der Waals surface area contributed by atoms with Crippen molar-refractivity contribution in [1.82, 2.24) is 14.8 Å². The van der Waals surface area contributed by atoms with E-state index in [-0.39, 0.29) is 6.61 Å². The molecule has 1 rings (SSSR count). The second kappa shape index (κ2) is 4.37. The van der Waals surface area contributed by atoms with Crippen LogP contribution in [0.5, 0.6) is 0 Å². The molecule has 0 unspecified atom stereocenters. The standard InChI is InChI=1S/C9H17N3O/c1-4-5-12-8(6-13)10-11-9(12)7(2)3/h7,13H,4-6H2,1-3H3. The summed E-state index contributed by atoms with van der Waals surface area (Å²) in [5.41, 5.74) is 0. The van der Waals surface area contributed by atoms with Crippen molar-refractivity contribution in [3.63, 3.8) is 0 Å². The first-order valence-corrected chi connectivity index (χ1v) is 4.73. The summed E-state index contributed by atoms with van der Waals surface area (Å²) in [5.74, 6) is 2.00. The summed E-state index contributed by atoms with van der Waals surface area (Å²) in [6.45, 7) is 7.12. The summed E-state index contributed by atoms with van der Waals surface area (Å²) < 4.78 is 2.00. The summed E-state index contributed by atoms with van der Waals surface area (Å²) in [7, 11) is 0. The van der Waals surface area contributed by atoms with Gasteiger partial charge in [0.1, 0.15) is 12.4 Å². The molecule has 0 aliphatic carbocycles. The van der Waals surface area contributed by atoms with Crippen molar-refractivity contribution in [2.75, 3.05) is 0 Å². The summed E-state index contributed by atoms with van der Waals surface area (Å²) in [5, 5.41) is 17.0. The second-order valence-electron chi connectivity index (χ2n) is 3.44. The molecule has 0 atom stereocenters. The van der Waals surface area contributed by atoms with Crippen LogP contribution in [-0.2, 0) is 13.2 Å². The van der Waals surface area contributed by atoms with Gasteiger partial charge in [0, 0.05) is 12.5 Å². The van der Waals surface area contributed by atoms with Crippen LogP contribution in [0, 0.1) is 0 Å². The van der Waals surface area contributed by atoms with E-state index < -0.39 is 0 Å². The topological polar surface area (TPSA) is 50.9 Å². The molecule has 0 saturated carbocycles. The average molecular weight is 183 g/mol. The maximum Gasteiger partial charge on any atom is 0.158 e. The molecule has 0 aliphatic heterocycles. The monoisotopic (exact) mass is 183 g/mol. The van der Waals surface area contributed by atoms with Crippen LogP contribution in [0.3, 0.4) is 0 Å². The molecule has 4 nitrogen and oxygen atoms in total. The fourth-order valence-corrected chi connectivity index (χ4v) is 1.36. The van der Waals surface area contributed by atoms with Crippen molar-refractivity contribution in [3.05, 3.63) is 11.6 Å². The first-order chi connectivity index (χ1) is 6.20. The predicted molar refractivity (Wildman–Crippen MR) is 50.3 cm³/mol. The zero-order chi connectivity index (χ0) is 9.84. The first-order valence-electron chi connectivity index (χ1n) is 4.73. The molecular formula is C9H17N3O. The molecule has 1 N–H and O–H groups in total. The van der Waals surface area contributed by atoms with Gasteiger partial charge in [0.2, 0.25) is 0 Å². The molecule has 0 radical (unpaired) electrons. The second-order valence-corrected chi connectivity index (χ2v) is 3.44. The van der Waals surface area contributed by atoms with Crippen molar-refractivity contribution in [3.8, 4) is 0 Å². The highest BCUT2D eigenvalue weighted by atomic mass is 16.3. The van der Waals surface area contributed by atoms with Crippen molar-refractivity contribution in [2.24, 2.45) is 0 Å². The van der Waals surface area contributed by atoms with E-state index >= 15 is 0 Å². The molecule has 1 aromatic rings. The Balaban J connectivity index is 2.99. The van der Waals surface area contributed by atoms with Crippen LogP contribution in [0.1, 0.15) is 44.8 Å². The molecule has 13 heavy (non-hydrogen) atoms. The zero-order valence-electron chi connectivity index (χ0n) is 8.49. The fourth-order valence-electron chi connectivity index (χ4n) is 1.36. The lowest BCUT2D eigenvalue weighted by Crippen LogP contribution is -2.08. The maximum atomic E-state index is 9.02. The van der Waals surface area contributed by atoms with Crippen LogP contribution in [0.4, 0.5) is 0 Å². The van der Waals surface area contributed by atoms with Crippen LogP contribution >= 0.6 is 0 Å². The van der Waals surface area contributed by atoms with Gasteiger partial charge in [0.15, 0.2) is 5.82 Å². The highest BCUT2D eigenvalue weighted by Crippen LogP contribution is 2.13. The van der Waals surface area contributed by atoms with Gasteiger partial charge in [-0.05, 0) is 6.42 Å². The van der Waals surface area contributed by atoms with E-state index in [4.69, 9.17) is 5.11 Å². The van der Waals surface area contributed by atoms with Gasteiger partial charge in [-0.2, -0.15) is 0 Å². The number of rotatable bonds is 4. The molecule has 0 aromatic carbocycles. The molecule has 0 spiro atoms. The Hall–Kier alpha value is -0.900. The third-order valence-electron chi connectivity index (χ3n) is 1.96. The highest BCUT2D eigenvalue weighted by molar-refractivity contribution is 4.99. The van der Waals surface area contributed by atoms with Gasteiger partial charge in [-0.25, -0.2) is 0 Å². The number of hydrogen-bond acceptors (Lipinski definition) is 3. The lowest BCUT2D eigenvalue weighted by molar-refractivity contribution is 0.263. The first kappa shape index (κ1) is 10.2. The van der Waals surface area contributed by atoms with E-state index in [1.54, 1.807) is 0 Å². The van der Waals surface area contributed by atoms with Gasteiger partial charge in [0.25, 0.3) is 0 Å². The Morgan fingerprint density at radius 1 is 1.38 bits per heavy atom. The van der Waals surface area contributed by atoms with Crippen LogP contribution in [0.15, 0.2) is 0 Å². The lowest BCUT2D eigenvalue weighted by Gasteiger charge is -2.09. The SMILES string of the molecule is CCCn1c(CO)nnc1C(C)C. The van der Waals surface area contributed by atoms with Crippen molar-refractivity contribution < 1.29 is 5.11 Å². The van der Waals surface area contributed by atoms with Crippen LogP contribution in [-0.4, -0.2) is 19.9 Å². The van der Waals surface area contributed by atoms with E-state index in [0.717, 1.165) is 18.8 Å². The lowest BCUT2D eigenvalue weighted by atomic mass is 10.2. The minimum atomic E-state index is -0.0281. The van der Waals surface area contributed by atoms with Crippen molar-refractivity contribution >= 4 is 0 Å². The number of hydrogen-bond donors (Lipinski definition) is 1. The Morgan fingerprint density at radius 2 is 2.08 bits per heavy atom. The molecule has 0 saturated heterocycles. The zero-order valence-corrected chi connectivity index (χ0v) is 8.49. The number of aliphatic hydroxyl groups excluding tert-OH is 1. The molecular weight excluding hydrogens is 166 g/mol. The molecule has 1 aromatic heterocycles. The molecule has 1 heterocycles. The van der Waals surface area contributed by atoms with E-state index in [9.17, 15) is 0 Å². The van der Waals surface area contributed by atoms with Gasteiger partial charge in [0.05, 0.1) is 0 Å². The summed E-state index contributed by atoms with van der Waals surface area (Å²) >= 11 is 0. The molecule has 0 amide bonds. The van der Waals surface area contributed by atoms with Gasteiger partial charge < -0.3 is 9.67 Å². The Bertz CT molecular complexity index is 268. The normalized spacial score (nSPS) is 11.2. The number of aliphatic hydroxyl groups is 1. The van der Waals surface area contributed by atoms with Crippen LogP contribution in [0.25, 0.3) is 0 Å². The third kappa shape index (κ3) is 2.06. The fraction of sp³-hybridized carbons (Fsp3) is 0.778. The summed E-state index contributed by atoms with van der Waals surface area (Å²) in [6, 6.07) is 0. The van der Waals surface area contributed by atoms with E-state index in [0.29, 0.717) is 11.7 Å². The van der Waals surface area contributed by atoms with E-state index in [1.165, 1.54) is 0 Å². The Morgan fingerprint density at radius 3 is 2.54 bits per heavy atom. The number of nitrogens with zero attached hydrogens (tertiary/aromatic N) is 3.